The minimum absolute atomic E-state index is 0. The minimum atomic E-state index is 0. The van der Waals surface area contributed by atoms with Crippen molar-refractivity contribution in [2.75, 3.05) is 0 Å². The Hall–Kier alpha value is 0.952. The van der Waals surface area contributed by atoms with E-state index in [1.54, 1.807) is 0 Å². The van der Waals surface area contributed by atoms with Gasteiger partial charge in [-0.2, -0.15) is 0 Å². The molecule has 0 bridgehead atoms. The summed E-state index contributed by atoms with van der Waals surface area (Å²) in [5, 5.41) is 0. The summed E-state index contributed by atoms with van der Waals surface area (Å²) in [7, 11) is 0. The predicted octanol–water partition coefficient (Wildman–Crippen LogP) is 2.17. The van der Waals surface area contributed by atoms with Crippen molar-refractivity contribution in [2.24, 2.45) is 0 Å². The SMILES string of the molecule is CCC[CH2][Pd].Cl. The van der Waals surface area contributed by atoms with Crippen LogP contribution >= 0.6 is 12.4 Å². The fourth-order valence-corrected chi connectivity index (χ4v) is 0.661. The summed E-state index contributed by atoms with van der Waals surface area (Å²) in [6.45, 7) is 2.19. The first-order valence-electron chi connectivity index (χ1n) is 1.93. The summed E-state index contributed by atoms with van der Waals surface area (Å²) >= 11 is 3.09. The van der Waals surface area contributed by atoms with Crippen molar-refractivity contribution in [2.45, 2.75) is 24.7 Å². The molecule has 0 aromatic heterocycles. The zero-order valence-electron chi connectivity index (χ0n) is 3.85. The van der Waals surface area contributed by atoms with Crippen molar-refractivity contribution in [1.82, 2.24) is 0 Å². The van der Waals surface area contributed by atoms with Crippen molar-refractivity contribution < 1.29 is 19.2 Å². The molecule has 2 heteroatoms. The molecule has 0 aromatic rings. The maximum absolute atomic E-state index is 3.09. The Balaban J connectivity index is 0. The zero-order valence-corrected chi connectivity index (χ0v) is 6.22. The standard InChI is InChI=1S/C4H9.ClH.Pd/c1-3-4-2;;/h1,3-4H2,2H3;1H;. The molecular weight excluding hydrogens is 190 g/mol. The fourth-order valence-electron chi connectivity index (χ4n) is 0.112. The fraction of sp³-hybridized carbons (Fsp3) is 1.00. The summed E-state index contributed by atoms with van der Waals surface area (Å²) in [5.41, 5.74) is 0. The molecule has 0 N–H and O–H groups in total. The summed E-state index contributed by atoms with van der Waals surface area (Å²) in [6.07, 6.45) is 2.63. The van der Waals surface area contributed by atoms with Gasteiger partial charge in [0, 0.05) is 0 Å². The van der Waals surface area contributed by atoms with Gasteiger partial charge in [-0.25, -0.2) is 0 Å². The first-order chi connectivity index (χ1) is 2.41. The molecular formula is C4H10ClPd. The van der Waals surface area contributed by atoms with Crippen LogP contribution in [0.25, 0.3) is 0 Å². The molecule has 0 atom stereocenters. The van der Waals surface area contributed by atoms with Crippen molar-refractivity contribution in [3.05, 3.63) is 0 Å². The zero-order chi connectivity index (χ0) is 4.12. The Morgan fingerprint density at radius 3 is 2.00 bits per heavy atom. The van der Waals surface area contributed by atoms with E-state index in [-0.39, 0.29) is 12.4 Å². The van der Waals surface area contributed by atoms with Gasteiger partial charge in [-0.3, -0.25) is 0 Å². The molecule has 0 radical (unpaired) electrons. The second-order valence-electron chi connectivity index (χ2n) is 1.01. The third-order valence-electron chi connectivity index (χ3n) is 0.465. The quantitative estimate of drug-likeness (QED) is 0.599. The maximum Gasteiger partial charge on any atom is -0.147 e. The van der Waals surface area contributed by atoms with E-state index in [9.17, 15) is 0 Å². The molecule has 0 aromatic carbocycles. The van der Waals surface area contributed by atoms with E-state index in [1.165, 1.54) is 17.7 Å². The number of rotatable bonds is 2. The van der Waals surface area contributed by atoms with E-state index >= 15 is 0 Å². The van der Waals surface area contributed by atoms with E-state index in [0.29, 0.717) is 0 Å². The van der Waals surface area contributed by atoms with Crippen molar-refractivity contribution in [3.8, 4) is 0 Å². The normalized spacial score (nSPS) is 7.17. The summed E-state index contributed by atoms with van der Waals surface area (Å²) in [4.78, 5) is 1.19. The van der Waals surface area contributed by atoms with Gasteiger partial charge in [-0.1, -0.05) is 0 Å². The van der Waals surface area contributed by atoms with Crippen LogP contribution in [0, 0.1) is 0 Å². The Bertz CT molecular complexity index is 15.0. The van der Waals surface area contributed by atoms with Crippen LogP contribution in [0.1, 0.15) is 19.8 Å². The van der Waals surface area contributed by atoms with Gasteiger partial charge in [0.2, 0.25) is 0 Å². The van der Waals surface area contributed by atoms with Crippen molar-refractivity contribution in [3.63, 3.8) is 0 Å². The van der Waals surface area contributed by atoms with Crippen LogP contribution in [0.4, 0.5) is 0 Å². The van der Waals surface area contributed by atoms with Crippen LogP contribution < -0.4 is 0 Å². The molecule has 0 amide bonds. The minimum Gasteiger partial charge on any atom is -0.147 e. The van der Waals surface area contributed by atoms with Crippen LogP contribution in [0.3, 0.4) is 0 Å². The van der Waals surface area contributed by atoms with Crippen LogP contribution in [0.2, 0.25) is 4.89 Å². The topological polar surface area (TPSA) is 0 Å². The second-order valence-corrected chi connectivity index (χ2v) is 1.79. The van der Waals surface area contributed by atoms with E-state index in [1.807, 2.05) is 0 Å². The Labute approximate surface area is 56.5 Å². The van der Waals surface area contributed by atoms with Crippen molar-refractivity contribution >= 4 is 12.4 Å². The van der Waals surface area contributed by atoms with Gasteiger partial charge in [-0.05, 0) is 0 Å². The number of halogens is 1. The Morgan fingerprint density at radius 2 is 2.00 bits per heavy atom. The summed E-state index contributed by atoms with van der Waals surface area (Å²) < 4.78 is 0. The number of hydrogen-bond acceptors (Lipinski definition) is 0. The van der Waals surface area contributed by atoms with Gasteiger partial charge in [0.1, 0.15) is 0 Å². The van der Waals surface area contributed by atoms with E-state index in [0.717, 1.165) is 0 Å². The van der Waals surface area contributed by atoms with Gasteiger partial charge in [0.15, 0.2) is 0 Å². The molecule has 0 saturated heterocycles. The molecule has 0 aliphatic heterocycles. The van der Waals surface area contributed by atoms with Gasteiger partial charge in [-0.15, -0.1) is 12.4 Å². The largest absolute Gasteiger partial charge is 0.147 e. The molecule has 0 aliphatic carbocycles. The van der Waals surface area contributed by atoms with Crippen LogP contribution in [-0.4, -0.2) is 0 Å². The first kappa shape index (κ1) is 10.0. The van der Waals surface area contributed by atoms with Crippen LogP contribution in [0.15, 0.2) is 0 Å². The van der Waals surface area contributed by atoms with Gasteiger partial charge >= 0.3 is 43.9 Å². The summed E-state index contributed by atoms with van der Waals surface area (Å²) in [5.74, 6) is 0. The molecule has 0 fully saturated rings. The van der Waals surface area contributed by atoms with Crippen molar-refractivity contribution in [1.29, 1.82) is 0 Å². The average molecular weight is 200 g/mol. The van der Waals surface area contributed by atoms with Gasteiger partial charge < -0.3 is 0 Å². The summed E-state index contributed by atoms with van der Waals surface area (Å²) in [6, 6.07) is 0. The molecule has 0 rings (SSSR count). The Morgan fingerprint density at radius 1 is 1.50 bits per heavy atom. The molecule has 0 spiro atoms. The van der Waals surface area contributed by atoms with E-state index in [2.05, 4.69) is 26.1 Å². The van der Waals surface area contributed by atoms with Gasteiger partial charge in [0.05, 0.1) is 0 Å². The van der Waals surface area contributed by atoms with Crippen LogP contribution in [0.5, 0.6) is 0 Å². The third-order valence-corrected chi connectivity index (χ3v) is 1.01. The van der Waals surface area contributed by atoms with Gasteiger partial charge in [0.25, 0.3) is 0 Å². The average Bonchev–Trinajstić information content (AvgIpc) is 1.41. The molecule has 0 heterocycles. The first-order valence-corrected chi connectivity index (χ1v) is 3.03. The molecule has 0 nitrogen and oxygen atoms in total. The van der Waals surface area contributed by atoms with E-state index < -0.39 is 0 Å². The maximum atomic E-state index is 3.09. The molecule has 0 saturated carbocycles. The molecule has 43 valence electrons. The number of hydrogen-bond donors (Lipinski definition) is 0. The predicted molar refractivity (Wildman–Crippen MR) is 27.0 cm³/mol. The van der Waals surface area contributed by atoms with Crippen LogP contribution in [-0.2, 0) is 19.2 Å². The second kappa shape index (κ2) is 9.35. The Kier molecular flexibility index (Phi) is 15.6. The smallest absolute Gasteiger partial charge is 0.147 e. The third kappa shape index (κ3) is 8.88. The molecule has 0 aliphatic rings. The van der Waals surface area contributed by atoms with E-state index in [4.69, 9.17) is 0 Å². The molecule has 6 heavy (non-hydrogen) atoms. The number of unbranched alkanes of at least 4 members (excludes halogenated alkanes) is 1. The molecule has 0 unspecified atom stereocenters. The monoisotopic (exact) mass is 199 g/mol.